The van der Waals surface area contributed by atoms with Crippen molar-refractivity contribution >= 4 is 11.7 Å². The maximum absolute atomic E-state index is 13.6. The number of hydrogen-bond donors (Lipinski definition) is 2. The number of aryl methyl sites for hydroxylation is 2. The van der Waals surface area contributed by atoms with Gasteiger partial charge in [0.05, 0.1) is 0 Å². The molecule has 6 rings (SSSR count). The van der Waals surface area contributed by atoms with Gasteiger partial charge in [0.1, 0.15) is 29.5 Å². The van der Waals surface area contributed by atoms with Gasteiger partial charge in [-0.1, -0.05) is 12.1 Å². The number of benzene rings is 3. The first-order chi connectivity index (χ1) is 17.8. The Balaban J connectivity index is 1.22. The van der Waals surface area contributed by atoms with E-state index in [2.05, 4.69) is 10.3 Å². The number of nitrogens with two attached hydrogens (primary N) is 1. The monoisotopic (exact) mass is 499 g/mol. The largest absolute Gasteiger partial charge is 0.457 e. The molecule has 8 heteroatoms. The van der Waals surface area contributed by atoms with Crippen LogP contribution in [-0.2, 0) is 11.3 Å². The summed E-state index contributed by atoms with van der Waals surface area (Å²) >= 11 is 0. The number of carbonyl (C=O) groups is 1. The third-order valence-corrected chi connectivity index (χ3v) is 6.94. The predicted octanol–water partition coefficient (Wildman–Crippen LogP) is 5.80. The molecule has 0 spiro atoms. The van der Waals surface area contributed by atoms with Gasteiger partial charge in [-0.05, 0) is 89.7 Å². The lowest BCUT2D eigenvalue weighted by molar-refractivity contribution is 0.0857. The summed E-state index contributed by atoms with van der Waals surface area (Å²) in [5.74, 6) is -0.963. The molecule has 0 saturated carbocycles. The number of amides is 1. The van der Waals surface area contributed by atoms with Gasteiger partial charge < -0.3 is 20.5 Å². The number of pyridine rings is 1. The SMILES string of the molecule is Cc1cc(N)nc(C)c1CNC(=O)c1ccc2c(c1)C1OC2c2ccc(Oc3ccc(F)c(F)c3)cc21. The zero-order valence-corrected chi connectivity index (χ0v) is 20.1. The molecule has 2 atom stereocenters. The summed E-state index contributed by atoms with van der Waals surface area (Å²) in [4.78, 5) is 17.3. The molecule has 3 aromatic carbocycles. The summed E-state index contributed by atoms with van der Waals surface area (Å²) in [6, 6.07) is 16.3. The summed E-state index contributed by atoms with van der Waals surface area (Å²) in [5, 5.41) is 2.98. The smallest absolute Gasteiger partial charge is 0.251 e. The van der Waals surface area contributed by atoms with Crippen molar-refractivity contribution in [1.29, 1.82) is 0 Å². The Kier molecular flexibility index (Phi) is 5.42. The van der Waals surface area contributed by atoms with E-state index in [0.29, 0.717) is 23.7 Å². The number of anilines is 1. The molecular formula is C29H23F2N3O3. The summed E-state index contributed by atoms with van der Waals surface area (Å²) in [5.41, 5.74) is 12.9. The molecule has 0 aliphatic carbocycles. The number of nitrogens with zero attached hydrogens (tertiary/aromatic N) is 1. The van der Waals surface area contributed by atoms with Crippen LogP contribution in [-0.4, -0.2) is 10.9 Å². The van der Waals surface area contributed by atoms with Gasteiger partial charge in [0.2, 0.25) is 0 Å². The van der Waals surface area contributed by atoms with E-state index >= 15 is 0 Å². The quantitative estimate of drug-likeness (QED) is 0.362. The average Bonchev–Trinajstić information content (AvgIpc) is 3.42. The molecular weight excluding hydrogens is 476 g/mol. The number of rotatable bonds is 5. The second-order valence-corrected chi connectivity index (χ2v) is 9.32. The maximum atomic E-state index is 13.6. The number of carbonyl (C=O) groups excluding carboxylic acids is 1. The lowest BCUT2D eigenvalue weighted by atomic mass is 9.85. The van der Waals surface area contributed by atoms with E-state index in [0.717, 1.165) is 51.2 Å². The molecule has 2 aliphatic heterocycles. The number of nitrogens with one attached hydrogen (secondary N) is 1. The van der Waals surface area contributed by atoms with Gasteiger partial charge in [-0.25, -0.2) is 13.8 Å². The normalized spacial score (nSPS) is 16.9. The van der Waals surface area contributed by atoms with Crippen LogP contribution in [0.4, 0.5) is 14.6 Å². The zero-order chi connectivity index (χ0) is 25.8. The van der Waals surface area contributed by atoms with Gasteiger partial charge in [-0.3, -0.25) is 4.79 Å². The molecule has 4 aromatic rings. The van der Waals surface area contributed by atoms with Crippen molar-refractivity contribution in [3.05, 3.63) is 117 Å². The molecule has 1 aromatic heterocycles. The Labute approximate surface area is 212 Å². The first-order valence-corrected chi connectivity index (χ1v) is 11.9. The van der Waals surface area contributed by atoms with E-state index < -0.39 is 11.6 Å². The Morgan fingerprint density at radius 2 is 1.59 bits per heavy atom. The third kappa shape index (κ3) is 3.99. The number of nitrogen functional groups attached to an aromatic ring is 1. The van der Waals surface area contributed by atoms with Gasteiger partial charge in [0.15, 0.2) is 11.6 Å². The van der Waals surface area contributed by atoms with E-state index in [1.807, 2.05) is 38.1 Å². The van der Waals surface area contributed by atoms with Crippen LogP contribution < -0.4 is 15.8 Å². The van der Waals surface area contributed by atoms with E-state index in [-0.39, 0.29) is 23.9 Å². The van der Waals surface area contributed by atoms with Crippen molar-refractivity contribution in [3.8, 4) is 11.5 Å². The number of fused-ring (bicyclic) bond motifs is 8. The molecule has 186 valence electrons. The van der Waals surface area contributed by atoms with Crippen molar-refractivity contribution in [2.75, 3.05) is 5.73 Å². The van der Waals surface area contributed by atoms with E-state index in [1.165, 1.54) is 6.07 Å². The van der Waals surface area contributed by atoms with Gasteiger partial charge in [-0.2, -0.15) is 0 Å². The summed E-state index contributed by atoms with van der Waals surface area (Å²) in [6.45, 7) is 4.16. The molecule has 1 amide bonds. The lowest BCUT2D eigenvalue weighted by Gasteiger charge is -2.18. The van der Waals surface area contributed by atoms with Crippen LogP contribution in [0.15, 0.2) is 60.7 Å². The zero-order valence-electron chi connectivity index (χ0n) is 20.1. The Morgan fingerprint density at radius 3 is 2.35 bits per heavy atom. The molecule has 37 heavy (non-hydrogen) atoms. The highest BCUT2D eigenvalue weighted by Gasteiger charge is 2.43. The van der Waals surface area contributed by atoms with E-state index in [9.17, 15) is 13.6 Å². The van der Waals surface area contributed by atoms with Crippen LogP contribution in [0, 0.1) is 25.5 Å². The fourth-order valence-electron chi connectivity index (χ4n) is 5.13. The molecule has 2 bridgehead atoms. The average molecular weight is 500 g/mol. The second-order valence-electron chi connectivity index (χ2n) is 9.32. The molecule has 6 nitrogen and oxygen atoms in total. The molecule has 2 unspecified atom stereocenters. The Bertz CT molecular complexity index is 1560. The standard InChI is InChI=1S/C29H23F2N3O3/c1-14-9-26(32)34-15(2)23(14)13-33-29(35)16-3-6-19-21(10-16)28-22-11-17(4-7-20(22)27(19)37-28)36-18-5-8-24(30)25(31)12-18/h3-12,27-28H,13H2,1-2H3,(H2,32,34)(H,33,35). The molecule has 0 saturated heterocycles. The van der Waals surface area contributed by atoms with Crippen molar-refractivity contribution in [2.24, 2.45) is 0 Å². The predicted molar refractivity (Wildman–Crippen MR) is 133 cm³/mol. The molecule has 3 heterocycles. The number of hydrogen-bond acceptors (Lipinski definition) is 5. The minimum atomic E-state index is -0.973. The van der Waals surface area contributed by atoms with Crippen molar-refractivity contribution < 1.29 is 23.0 Å². The highest BCUT2D eigenvalue weighted by atomic mass is 19.2. The van der Waals surface area contributed by atoms with E-state index in [1.54, 1.807) is 18.2 Å². The van der Waals surface area contributed by atoms with Crippen LogP contribution in [0.2, 0.25) is 0 Å². The van der Waals surface area contributed by atoms with Gasteiger partial charge >= 0.3 is 0 Å². The van der Waals surface area contributed by atoms with Gasteiger partial charge in [-0.15, -0.1) is 0 Å². The Morgan fingerprint density at radius 1 is 0.919 bits per heavy atom. The highest BCUT2D eigenvalue weighted by Crippen LogP contribution is 2.55. The maximum Gasteiger partial charge on any atom is 0.251 e. The minimum absolute atomic E-state index is 0.197. The summed E-state index contributed by atoms with van der Waals surface area (Å²) in [7, 11) is 0. The minimum Gasteiger partial charge on any atom is -0.457 e. The number of aromatic nitrogens is 1. The first-order valence-electron chi connectivity index (χ1n) is 11.9. The Hall–Kier alpha value is -4.30. The number of halogens is 2. The molecule has 2 aliphatic rings. The topological polar surface area (TPSA) is 86.5 Å². The van der Waals surface area contributed by atoms with Crippen LogP contribution in [0.3, 0.4) is 0 Å². The third-order valence-electron chi connectivity index (χ3n) is 6.94. The van der Waals surface area contributed by atoms with Crippen molar-refractivity contribution in [2.45, 2.75) is 32.6 Å². The van der Waals surface area contributed by atoms with Crippen molar-refractivity contribution in [3.63, 3.8) is 0 Å². The first kappa shape index (κ1) is 23.1. The van der Waals surface area contributed by atoms with Crippen molar-refractivity contribution in [1.82, 2.24) is 10.3 Å². The van der Waals surface area contributed by atoms with Crippen LogP contribution in [0.1, 0.15) is 61.6 Å². The van der Waals surface area contributed by atoms with Gasteiger partial charge in [0.25, 0.3) is 5.91 Å². The second kappa shape index (κ2) is 8.67. The molecule has 0 fully saturated rings. The highest BCUT2D eigenvalue weighted by molar-refractivity contribution is 5.94. The van der Waals surface area contributed by atoms with E-state index in [4.69, 9.17) is 15.2 Å². The molecule has 0 radical (unpaired) electrons. The molecule has 3 N–H and O–H groups in total. The van der Waals surface area contributed by atoms with Crippen LogP contribution in [0.5, 0.6) is 11.5 Å². The fraction of sp³-hybridized carbons (Fsp3) is 0.172. The lowest BCUT2D eigenvalue weighted by Crippen LogP contribution is -2.24. The van der Waals surface area contributed by atoms with Crippen LogP contribution >= 0.6 is 0 Å². The summed E-state index contributed by atoms with van der Waals surface area (Å²) < 4.78 is 38.8. The number of ether oxygens (including phenoxy) is 2. The summed E-state index contributed by atoms with van der Waals surface area (Å²) in [6.07, 6.45) is -0.572. The van der Waals surface area contributed by atoms with Gasteiger partial charge in [0, 0.05) is 23.9 Å². The van der Waals surface area contributed by atoms with Crippen LogP contribution in [0.25, 0.3) is 0 Å². The fourth-order valence-corrected chi connectivity index (χ4v) is 5.13.